The molecule has 2 aromatic heterocycles. The summed E-state index contributed by atoms with van der Waals surface area (Å²) >= 11 is 1.58. The fourth-order valence-corrected chi connectivity index (χ4v) is 3.24. The van der Waals surface area contributed by atoms with Crippen LogP contribution in [-0.2, 0) is 9.63 Å². The number of fused-ring (bicyclic) bond motifs is 1. The Morgan fingerprint density at radius 3 is 3.35 bits per heavy atom. The third-order valence-electron chi connectivity index (χ3n) is 3.39. The van der Waals surface area contributed by atoms with Gasteiger partial charge in [0.2, 0.25) is 0 Å². The maximum absolute atomic E-state index is 12.1. The van der Waals surface area contributed by atoms with Crippen molar-refractivity contribution in [2.75, 3.05) is 18.1 Å². The van der Waals surface area contributed by atoms with Crippen LogP contribution in [0.15, 0.2) is 17.8 Å². The first kappa shape index (κ1) is 13.3. The van der Waals surface area contributed by atoms with Gasteiger partial charge in [-0.15, -0.1) is 11.3 Å². The zero-order valence-corrected chi connectivity index (χ0v) is 12.0. The summed E-state index contributed by atoms with van der Waals surface area (Å²) < 4.78 is 0. The highest BCUT2D eigenvalue weighted by atomic mass is 32.1. The Morgan fingerprint density at radius 2 is 2.50 bits per heavy atom. The van der Waals surface area contributed by atoms with Crippen molar-refractivity contribution in [2.24, 2.45) is 0 Å². The van der Waals surface area contributed by atoms with Gasteiger partial charge in [0.1, 0.15) is 23.0 Å². The first-order valence-corrected chi connectivity index (χ1v) is 7.55. The maximum atomic E-state index is 12.1. The third kappa shape index (κ3) is 2.34. The molecule has 7 heteroatoms. The van der Waals surface area contributed by atoms with Crippen LogP contribution >= 0.6 is 11.3 Å². The fraction of sp³-hybridized carbons (Fsp3) is 0.462. The molecule has 0 saturated carbocycles. The molecule has 1 aliphatic rings. The van der Waals surface area contributed by atoms with E-state index in [1.807, 2.05) is 23.3 Å². The summed E-state index contributed by atoms with van der Waals surface area (Å²) in [7, 11) is 0. The second-order valence-corrected chi connectivity index (χ2v) is 5.48. The van der Waals surface area contributed by atoms with Crippen molar-refractivity contribution in [1.29, 1.82) is 0 Å². The van der Waals surface area contributed by atoms with Crippen LogP contribution < -0.4 is 10.4 Å². The Bertz CT molecular complexity index is 615. The first-order chi connectivity index (χ1) is 9.81. The van der Waals surface area contributed by atoms with Crippen molar-refractivity contribution in [2.45, 2.75) is 25.8 Å². The SMILES string of the molecule is CCONC(=O)[C@@H]1CCCN1c1ncnc2sccc12. The highest BCUT2D eigenvalue weighted by molar-refractivity contribution is 7.16. The summed E-state index contributed by atoms with van der Waals surface area (Å²) in [6.07, 6.45) is 3.35. The smallest absolute Gasteiger partial charge is 0.266 e. The molecule has 1 N–H and O–H groups in total. The summed E-state index contributed by atoms with van der Waals surface area (Å²) in [6, 6.07) is 1.78. The van der Waals surface area contributed by atoms with Crippen LogP contribution in [0, 0.1) is 0 Å². The normalized spacial score (nSPS) is 18.6. The number of rotatable bonds is 4. The lowest BCUT2D eigenvalue weighted by Crippen LogP contribution is -2.43. The number of amides is 1. The summed E-state index contributed by atoms with van der Waals surface area (Å²) in [5, 5.41) is 3.00. The minimum absolute atomic E-state index is 0.105. The van der Waals surface area contributed by atoms with Gasteiger partial charge in [0.25, 0.3) is 5.91 Å². The van der Waals surface area contributed by atoms with Gasteiger partial charge in [-0.2, -0.15) is 0 Å². The molecule has 1 aliphatic heterocycles. The van der Waals surface area contributed by atoms with Crippen LogP contribution in [0.3, 0.4) is 0 Å². The van der Waals surface area contributed by atoms with Crippen molar-refractivity contribution in [3.63, 3.8) is 0 Å². The average Bonchev–Trinajstić information content (AvgIpc) is 3.12. The Balaban J connectivity index is 1.88. The molecule has 0 unspecified atom stereocenters. The number of thiophene rings is 1. The van der Waals surface area contributed by atoms with E-state index in [0.29, 0.717) is 6.61 Å². The topological polar surface area (TPSA) is 67.3 Å². The number of hydroxylamine groups is 1. The van der Waals surface area contributed by atoms with E-state index in [2.05, 4.69) is 15.4 Å². The quantitative estimate of drug-likeness (QED) is 0.869. The molecule has 0 bridgehead atoms. The van der Waals surface area contributed by atoms with Crippen LogP contribution in [-0.4, -0.2) is 35.1 Å². The predicted octanol–water partition coefficient (Wildman–Crippen LogP) is 1.73. The van der Waals surface area contributed by atoms with Crippen molar-refractivity contribution in [1.82, 2.24) is 15.4 Å². The molecule has 0 aliphatic carbocycles. The number of aromatic nitrogens is 2. The van der Waals surface area contributed by atoms with E-state index in [1.54, 1.807) is 17.7 Å². The second kappa shape index (κ2) is 5.72. The highest BCUT2D eigenvalue weighted by Crippen LogP contribution is 2.31. The van der Waals surface area contributed by atoms with Crippen LogP contribution in [0.25, 0.3) is 10.2 Å². The number of anilines is 1. The van der Waals surface area contributed by atoms with Crippen LogP contribution in [0.5, 0.6) is 0 Å². The number of nitrogens with one attached hydrogen (secondary N) is 1. The number of carbonyl (C=O) groups excluding carboxylic acids is 1. The predicted molar refractivity (Wildman–Crippen MR) is 77.6 cm³/mol. The van der Waals surface area contributed by atoms with Gasteiger partial charge in [0, 0.05) is 6.54 Å². The van der Waals surface area contributed by atoms with E-state index in [4.69, 9.17) is 4.84 Å². The molecular formula is C13H16N4O2S. The zero-order valence-electron chi connectivity index (χ0n) is 11.2. The number of carbonyl (C=O) groups is 1. The van der Waals surface area contributed by atoms with Crippen LogP contribution in [0.1, 0.15) is 19.8 Å². The molecule has 3 rings (SSSR count). The van der Waals surface area contributed by atoms with E-state index >= 15 is 0 Å². The van der Waals surface area contributed by atoms with E-state index in [9.17, 15) is 4.79 Å². The van der Waals surface area contributed by atoms with Gasteiger partial charge in [-0.1, -0.05) is 0 Å². The fourth-order valence-electron chi connectivity index (χ4n) is 2.51. The van der Waals surface area contributed by atoms with Crippen molar-refractivity contribution in [3.8, 4) is 0 Å². The Labute approximate surface area is 120 Å². The Hall–Kier alpha value is -1.73. The van der Waals surface area contributed by atoms with E-state index in [1.165, 1.54) is 0 Å². The number of hydrogen-bond donors (Lipinski definition) is 1. The zero-order chi connectivity index (χ0) is 13.9. The lowest BCUT2D eigenvalue weighted by molar-refractivity contribution is -0.134. The largest absolute Gasteiger partial charge is 0.344 e. The molecule has 0 spiro atoms. The number of hydrogen-bond acceptors (Lipinski definition) is 6. The monoisotopic (exact) mass is 292 g/mol. The average molecular weight is 292 g/mol. The van der Waals surface area contributed by atoms with Gasteiger partial charge >= 0.3 is 0 Å². The molecule has 106 valence electrons. The summed E-state index contributed by atoms with van der Waals surface area (Å²) in [6.45, 7) is 3.12. The Morgan fingerprint density at radius 1 is 1.60 bits per heavy atom. The van der Waals surface area contributed by atoms with Crippen LogP contribution in [0.2, 0.25) is 0 Å². The van der Waals surface area contributed by atoms with Gasteiger partial charge in [-0.3, -0.25) is 9.63 Å². The van der Waals surface area contributed by atoms with Gasteiger partial charge in [-0.05, 0) is 31.2 Å². The van der Waals surface area contributed by atoms with Gasteiger partial charge in [-0.25, -0.2) is 15.4 Å². The van der Waals surface area contributed by atoms with Crippen LogP contribution in [0.4, 0.5) is 5.82 Å². The third-order valence-corrected chi connectivity index (χ3v) is 4.21. The van der Waals surface area contributed by atoms with Gasteiger partial charge in [0.05, 0.1) is 12.0 Å². The molecule has 1 atom stereocenters. The summed E-state index contributed by atoms with van der Waals surface area (Å²) in [4.78, 5) is 28.8. The summed E-state index contributed by atoms with van der Waals surface area (Å²) in [5.41, 5.74) is 2.49. The molecule has 1 fully saturated rings. The lowest BCUT2D eigenvalue weighted by atomic mass is 10.2. The highest BCUT2D eigenvalue weighted by Gasteiger charge is 2.32. The first-order valence-electron chi connectivity index (χ1n) is 6.67. The molecule has 0 aromatic carbocycles. The Kier molecular flexibility index (Phi) is 3.79. The minimum Gasteiger partial charge on any atom is -0.344 e. The molecule has 2 aromatic rings. The molecule has 0 radical (unpaired) electrons. The van der Waals surface area contributed by atoms with Crippen molar-refractivity contribution in [3.05, 3.63) is 17.8 Å². The van der Waals surface area contributed by atoms with E-state index in [0.717, 1.165) is 35.4 Å². The molecule has 20 heavy (non-hydrogen) atoms. The summed E-state index contributed by atoms with van der Waals surface area (Å²) in [5.74, 6) is 0.733. The molecular weight excluding hydrogens is 276 g/mol. The van der Waals surface area contributed by atoms with Gasteiger partial charge < -0.3 is 4.90 Å². The van der Waals surface area contributed by atoms with Crippen molar-refractivity contribution >= 4 is 33.3 Å². The molecule has 1 amide bonds. The van der Waals surface area contributed by atoms with Gasteiger partial charge in [0.15, 0.2) is 0 Å². The van der Waals surface area contributed by atoms with Crippen molar-refractivity contribution < 1.29 is 9.63 Å². The van der Waals surface area contributed by atoms with E-state index in [-0.39, 0.29) is 11.9 Å². The molecule has 3 heterocycles. The second-order valence-electron chi connectivity index (χ2n) is 4.59. The molecule has 6 nitrogen and oxygen atoms in total. The maximum Gasteiger partial charge on any atom is 0.266 e. The lowest BCUT2D eigenvalue weighted by Gasteiger charge is -2.24. The van der Waals surface area contributed by atoms with E-state index < -0.39 is 0 Å². The number of nitrogens with zero attached hydrogens (tertiary/aromatic N) is 3. The molecule has 1 saturated heterocycles. The standard InChI is InChI=1S/C13H16N4O2S/c1-2-19-16-12(18)10-4-3-6-17(10)11-9-5-7-20-13(9)15-8-14-11/h5,7-8,10H,2-4,6H2,1H3,(H,16,18)/t10-/m0/s1. The minimum atomic E-state index is -0.223.